The lowest BCUT2D eigenvalue weighted by Crippen LogP contribution is -2.30. The largest absolute Gasteiger partial charge is 0.0654 e. The van der Waals surface area contributed by atoms with Gasteiger partial charge in [0.25, 0.3) is 0 Å². The maximum Gasteiger partial charge on any atom is -0.0159 e. The van der Waals surface area contributed by atoms with Crippen molar-refractivity contribution >= 4 is 10.8 Å². The third kappa shape index (κ3) is 4.76. The second kappa shape index (κ2) is 9.26. The highest BCUT2D eigenvalue weighted by Gasteiger charge is 2.35. The smallest absolute Gasteiger partial charge is 0.0159 e. The number of fused-ring (bicyclic) bond motifs is 2. The zero-order valence-electron chi connectivity index (χ0n) is 17.3. The average Bonchev–Trinajstić information content (AvgIpc) is 2.73. The Bertz CT molecular complexity index is 715. The second-order valence-electron chi connectivity index (χ2n) is 9.52. The van der Waals surface area contributed by atoms with E-state index in [0.717, 1.165) is 23.7 Å². The van der Waals surface area contributed by atoms with Crippen molar-refractivity contribution in [2.24, 2.45) is 17.8 Å². The van der Waals surface area contributed by atoms with Crippen molar-refractivity contribution in [1.82, 2.24) is 0 Å². The molecule has 2 aromatic rings. The molecule has 2 aromatic carbocycles. The normalized spacial score (nSPS) is 28.2. The monoisotopic (exact) mass is 362 g/mol. The van der Waals surface area contributed by atoms with E-state index in [9.17, 15) is 0 Å². The number of unbranched alkanes of at least 4 members (excludes halogenated alkanes) is 4. The SMILES string of the molecule is CCCCCCCC1CCC2CC(c3ccc4ccccc4c3)CCC2C1. The summed E-state index contributed by atoms with van der Waals surface area (Å²) in [5.41, 5.74) is 1.60. The van der Waals surface area contributed by atoms with Gasteiger partial charge in [0.05, 0.1) is 0 Å². The van der Waals surface area contributed by atoms with Gasteiger partial charge in [-0.25, -0.2) is 0 Å². The highest BCUT2D eigenvalue weighted by Crippen LogP contribution is 2.48. The Labute approximate surface area is 166 Å². The Balaban J connectivity index is 1.29. The van der Waals surface area contributed by atoms with Gasteiger partial charge in [-0.1, -0.05) is 94.3 Å². The molecule has 0 radical (unpaired) electrons. The molecule has 2 fully saturated rings. The van der Waals surface area contributed by atoms with Crippen molar-refractivity contribution in [3.8, 4) is 0 Å². The molecule has 0 saturated heterocycles. The minimum atomic E-state index is 0.807. The van der Waals surface area contributed by atoms with Gasteiger partial charge in [-0.2, -0.15) is 0 Å². The van der Waals surface area contributed by atoms with E-state index < -0.39 is 0 Å². The molecule has 4 atom stereocenters. The van der Waals surface area contributed by atoms with Crippen LogP contribution in [0.1, 0.15) is 95.5 Å². The van der Waals surface area contributed by atoms with E-state index in [1.54, 1.807) is 12.0 Å². The first kappa shape index (κ1) is 19.0. The van der Waals surface area contributed by atoms with Gasteiger partial charge in [-0.3, -0.25) is 0 Å². The van der Waals surface area contributed by atoms with Gasteiger partial charge in [-0.05, 0) is 72.1 Å². The van der Waals surface area contributed by atoms with Crippen LogP contribution in [0.4, 0.5) is 0 Å². The molecule has 4 rings (SSSR count). The molecule has 2 saturated carbocycles. The molecule has 0 spiro atoms. The lowest BCUT2D eigenvalue weighted by molar-refractivity contribution is 0.113. The van der Waals surface area contributed by atoms with Gasteiger partial charge in [0.2, 0.25) is 0 Å². The minimum absolute atomic E-state index is 0.807. The molecule has 27 heavy (non-hydrogen) atoms. The quantitative estimate of drug-likeness (QED) is 0.433. The predicted molar refractivity (Wildman–Crippen MR) is 118 cm³/mol. The van der Waals surface area contributed by atoms with Crippen LogP contribution in [-0.4, -0.2) is 0 Å². The molecule has 0 aliphatic heterocycles. The summed E-state index contributed by atoms with van der Waals surface area (Å²) in [6, 6.07) is 16.1. The molecule has 0 amide bonds. The van der Waals surface area contributed by atoms with Crippen LogP contribution in [0.15, 0.2) is 42.5 Å². The Kier molecular flexibility index (Phi) is 6.53. The molecule has 0 N–H and O–H groups in total. The average molecular weight is 363 g/mol. The molecule has 4 unspecified atom stereocenters. The van der Waals surface area contributed by atoms with Gasteiger partial charge < -0.3 is 0 Å². The summed E-state index contributed by atoms with van der Waals surface area (Å²) in [6.07, 6.45) is 17.7. The van der Waals surface area contributed by atoms with Crippen molar-refractivity contribution < 1.29 is 0 Å². The van der Waals surface area contributed by atoms with E-state index in [-0.39, 0.29) is 0 Å². The Hall–Kier alpha value is -1.30. The van der Waals surface area contributed by atoms with Gasteiger partial charge >= 0.3 is 0 Å². The zero-order valence-corrected chi connectivity index (χ0v) is 17.3. The summed E-state index contributed by atoms with van der Waals surface area (Å²) in [5, 5.41) is 2.80. The van der Waals surface area contributed by atoms with Crippen LogP contribution in [0.25, 0.3) is 10.8 Å². The van der Waals surface area contributed by atoms with Crippen LogP contribution >= 0.6 is 0 Å². The minimum Gasteiger partial charge on any atom is -0.0654 e. The molecule has 0 nitrogen and oxygen atoms in total. The summed E-state index contributed by atoms with van der Waals surface area (Å²) in [6.45, 7) is 2.32. The van der Waals surface area contributed by atoms with E-state index in [1.165, 1.54) is 81.4 Å². The summed E-state index contributed by atoms with van der Waals surface area (Å²) in [5.74, 6) is 3.90. The number of benzene rings is 2. The van der Waals surface area contributed by atoms with Crippen molar-refractivity contribution in [1.29, 1.82) is 0 Å². The topological polar surface area (TPSA) is 0 Å². The van der Waals surface area contributed by atoms with Crippen molar-refractivity contribution in [3.05, 3.63) is 48.0 Å². The molecule has 0 aromatic heterocycles. The van der Waals surface area contributed by atoms with E-state index >= 15 is 0 Å². The van der Waals surface area contributed by atoms with Crippen molar-refractivity contribution in [2.75, 3.05) is 0 Å². The maximum atomic E-state index is 2.47. The maximum absolute atomic E-state index is 2.47. The Morgan fingerprint density at radius 1 is 0.741 bits per heavy atom. The lowest BCUT2D eigenvalue weighted by atomic mass is 9.63. The second-order valence-corrected chi connectivity index (χ2v) is 9.52. The van der Waals surface area contributed by atoms with Crippen LogP contribution in [0.3, 0.4) is 0 Å². The van der Waals surface area contributed by atoms with E-state index in [2.05, 4.69) is 49.4 Å². The standard InChI is InChI=1S/C27H38/c1-2-3-4-5-6-9-21-12-13-25-20-27(17-16-24(25)18-21)26-15-14-22-10-7-8-11-23(22)19-26/h7-8,10-11,14-15,19,21,24-25,27H,2-6,9,12-13,16-18,20H2,1H3. The van der Waals surface area contributed by atoms with Crippen LogP contribution in [0.5, 0.6) is 0 Å². The summed E-state index contributed by atoms with van der Waals surface area (Å²) >= 11 is 0. The van der Waals surface area contributed by atoms with Gasteiger partial charge in [-0.15, -0.1) is 0 Å². The first-order chi connectivity index (χ1) is 13.3. The first-order valence-corrected chi connectivity index (χ1v) is 11.8. The van der Waals surface area contributed by atoms with E-state index in [1.807, 2.05) is 0 Å². The summed E-state index contributed by atoms with van der Waals surface area (Å²) in [7, 11) is 0. The summed E-state index contributed by atoms with van der Waals surface area (Å²) < 4.78 is 0. The van der Waals surface area contributed by atoms with E-state index in [0.29, 0.717) is 0 Å². The fourth-order valence-electron chi connectivity index (χ4n) is 6.05. The third-order valence-corrected chi connectivity index (χ3v) is 7.68. The first-order valence-electron chi connectivity index (χ1n) is 11.8. The fourth-order valence-corrected chi connectivity index (χ4v) is 6.05. The molecule has 2 aliphatic carbocycles. The van der Waals surface area contributed by atoms with Crippen LogP contribution in [0.2, 0.25) is 0 Å². The molecule has 2 aliphatic rings. The fraction of sp³-hybridized carbons (Fsp3) is 0.630. The zero-order chi connectivity index (χ0) is 18.5. The van der Waals surface area contributed by atoms with Gasteiger partial charge in [0, 0.05) is 0 Å². The third-order valence-electron chi connectivity index (χ3n) is 7.68. The van der Waals surface area contributed by atoms with Gasteiger partial charge in [0.1, 0.15) is 0 Å². The lowest BCUT2D eigenvalue weighted by Gasteiger charge is -2.42. The van der Waals surface area contributed by atoms with Crippen LogP contribution < -0.4 is 0 Å². The summed E-state index contributed by atoms with van der Waals surface area (Å²) in [4.78, 5) is 0. The highest BCUT2D eigenvalue weighted by molar-refractivity contribution is 5.83. The van der Waals surface area contributed by atoms with Crippen LogP contribution in [-0.2, 0) is 0 Å². The molecule has 146 valence electrons. The molecule has 0 heteroatoms. The van der Waals surface area contributed by atoms with Crippen LogP contribution in [0, 0.1) is 17.8 Å². The number of hydrogen-bond acceptors (Lipinski definition) is 0. The van der Waals surface area contributed by atoms with Gasteiger partial charge in [0.15, 0.2) is 0 Å². The Morgan fingerprint density at radius 3 is 2.41 bits per heavy atom. The van der Waals surface area contributed by atoms with Crippen molar-refractivity contribution in [3.63, 3.8) is 0 Å². The predicted octanol–water partition coefficient (Wildman–Crippen LogP) is 8.50. The van der Waals surface area contributed by atoms with E-state index in [4.69, 9.17) is 0 Å². The van der Waals surface area contributed by atoms with Crippen molar-refractivity contribution in [2.45, 2.75) is 89.9 Å². The molecule has 0 bridgehead atoms. The highest BCUT2D eigenvalue weighted by atomic mass is 14.4. The molecular formula is C27H38. The molecule has 0 heterocycles. The molecular weight excluding hydrogens is 324 g/mol. The number of rotatable bonds is 7. The number of hydrogen-bond donors (Lipinski definition) is 0. The Morgan fingerprint density at radius 2 is 1.52 bits per heavy atom.